The number of aromatic nitrogens is 1. The van der Waals surface area contributed by atoms with E-state index in [-0.39, 0.29) is 5.82 Å². The fraction of sp³-hybridized carbons (Fsp3) is 0.500. The van der Waals surface area contributed by atoms with Gasteiger partial charge in [0.05, 0.1) is 7.11 Å². The van der Waals surface area contributed by atoms with Crippen molar-refractivity contribution in [1.29, 1.82) is 0 Å². The summed E-state index contributed by atoms with van der Waals surface area (Å²) in [6.45, 7) is 3.62. The first kappa shape index (κ1) is 13.4. The second kappa shape index (κ2) is 5.61. The minimum absolute atomic E-state index is 0.0638. The Morgan fingerprint density at radius 1 is 1.65 bits per heavy atom. The summed E-state index contributed by atoms with van der Waals surface area (Å²) in [5.41, 5.74) is -0.960. The van der Waals surface area contributed by atoms with Gasteiger partial charge in [0.25, 0.3) is 0 Å². The normalized spacial score (nSPS) is 13.9. The van der Waals surface area contributed by atoms with E-state index in [0.717, 1.165) is 6.42 Å². The molecule has 0 radical (unpaired) electrons. The maximum Gasteiger partial charge on any atom is 0.331 e. The number of anilines is 1. The van der Waals surface area contributed by atoms with Gasteiger partial charge in [-0.15, -0.1) is 0 Å². The van der Waals surface area contributed by atoms with E-state index in [0.29, 0.717) is 6.42 Å². The lowest BCUT2D eigenvalue weighted by molar-refractivity contribution is -0.145. The van der Waals surface area contributed by atoms with E-state index in [1.165, 1.54) is 25.4 Å². The summed E-state index contributed by atoms with van der Waals surface area (Å²) in [6, 6.07) is 2.79. The average molecular weight is 240 g/mol. The smallest absolute Gasteiger partial charge is 0.331 e. The highest BCUT2D eigenvalue weighted by molar-refractivity contribution is 5.83. The highest BCUT2D eigenvalue weighted by atomic mass is 19.1. The monoisotopic (exact) mass is 240 g/mol. The fourth-order valence-electron chi connectivity index (χ4n) is 1.68. The van der Waals surface area contributed by atoms with Crippen LogP contribution in [0, 0.1) is 5.82 Å². The SMILES string of the molecule is CCCC(C)(Nc1ncccc1F)C(=O)OC. The number of carbonyl (C=O) groups is 1. The molecule has 0 bridgehead atoms. The molecular formula is C12H17FN2O2. The Morgan fingerprint density at radius 3 is 2.88 bits per heavy atom. The van der Waals surface area contributed by atoms with Crippen LogP contribution in [-0.2, 0) is 9.53 Å². The summed E-state index contributed by atoms with van der Waals surface area (Å²) in [5.74, 6) is -0.850. The third-order valence-corrected chi connectivity index (χ3v) is 2.54. The summed E-state index contributed by atoms with van der Waals surface area (Å²) in [4.78, 5) is 15.6. The van der Waals surface area contributed by atoms with Gasteiger partial charge in [-0.05, 0) is 25.5 Å². The lowest BCUT2D eigenvalue weighted by Crippen LogP contribution is -2.44. The van der Waals surface area contributed by atoms with Crippen molar-refractivity contribution in [3.8, 4) is 0 Å². The number of carbonyl (C=O) groups excluding carboxylic acids is 1. The first-order valence-corrected chi connectivity index (χ1v) is 5.50. The van der Waals surface area contributed by atoms with Crippen molar-refractivity contribution in [3.63, 3.8) is 0 Å². The van der Waals surface area contributed by atoms with E-state index in [9.17, 15) is 9.18 Å². The van der Waals surface area contributed by atoms with Crippen LogP contribution in [0.5, 0.6) is 0 Å². The Labute approximate surface area is 100 Å². The Kier molecular flexibility index (Phi) is 4.43. The molecule has 94 valence electrons. The molecule has 1 heterocycles. The van der Waals surface area contributed by atoms with E-state index in [2.05, 4.69) is 10.3 Å². The molecule has 1 unspecified atom stereocenters. The molecule has 1 rings (SSSR count). The number of hydrogen-bond acceptors (Lipinski definition) is 4. The van der Waals surface area contributed by atoms with Crippen molar-refractivity contribution in [3.05, 3.63) is 24.1 Å². The molecule has 5 heteroatoms. The first-order chi connectivity index (χ1) is 8.03. The largest absolute Gasteiger partial charge is 0.467 e. The highest BCUT2D eigenvalue weighted by Gasteiger charge is 2.34. The molecule has 1 aromatic heterocycles. The van der Waals surface area contributed by atoms with Crippen molar-refractivity contribution < 1.29 is 13.9 Å². The number of nitrogens with zero attached hydrogens (tertiary/aromatic N) is 1. The van der Waals surface area contributed by atoms with Crippen LogP contribution >= 0.6 is 0 Å². The molecule has 0 amide bonds. The minimum atomic E-state index is -0.960. The van der Waals surface area contributed by atoms with Crippen LogP contribution in [-0.4, -0.2) is 23.6 Å². The van der Waals surface area contributed by atoms with Gasteiger partial charge in [-0.3, -0.25) is 0 Å². The number of esters is 1. The summed E-state index contributed by atoms with van der Waals surface area (Å²) >= 11 is 0. The van der Waals surface area contributed by atoms with E-state index >= 15 is 0 Å². The van der Waals surface area contributed by atoms with Crippen LogP contribution in [0.3, 0.4) is 0 Å². The molecular weight excluding hydrogens is 223 g/mol. The second-order valence-corrected chi connectivity index (χ2v) is 4.03. The lowest BCUT2D eigenvalue weighted by Gasteiger charge is -2.28. The van der Waals surface area contributed by atoms with Gasteiger partial charge in [0.15, 0.2) is 11.6 Å². The van der Waals surface area contributed by atoms with Crippen LogP contribution in [0.4, 0.5) is 10.2 Å². The Balaban J connectivity index is 2.94. The van der Waals surface area contributed by atoms with Crippen LogP contribution in [0.1, 0.15) is 26.7 Å². The number of rotatable bonds is 5. The van der Waals surface area contributed by atoms with Gasteiger partial charge in [-0.2, -0.15) is 0 Å². The molecule has 0 spiro atoms. The zero-order chi connectivity index (χ0) is 12.9. The van der Waals surface area contributed by atoms with Crippen molar-refractivity contribution in [1.82, 2.24) is 4.98 Å². The molecule has 1 N–H and O–H groups in total. The number of pyridine rings is 1. The lowest BCUT2D eigenvalue weighted by atomic mass is 9.96. The van der Waals surface area contributed by atoms with Gasteiger partial charge in [-0.25, -0.2) is 14.2 Å². The van der Waals surface area contributed by atoms with Gasteiger partial charge in [0.1, 0.15) is 5.54 Å². The molecule has 0 aliphatic rings. The number of methoxy groups -OCH3 is 1. The molecule has 0 saturated carbocycles. The molecule has 0 saturated heterocycles. The van der Waals surface area contributed by atoms with E-state index in [1.807, 2.05) is 6.92 Å². The standard InChI is InChI=1S/C12H17FN2O2/c1-4-7-12(2,11(16)17-3)15-10-9(13)6-5-8-14-10/h5-6,8H,4,7H2,1-3H3,(H,14,15). The predicted octanol–water partition coefficient (Wildman–Crippen LogP) is 2.36. The molecule has 4 nitrogen and oxygen atoms in total. The van der Waals surface area contributed by atoms with Crippen molar-refractivity contribution in [2.75, 3.05) is 12.4 Å². The summed E-state index contributed by atoms with van der Waals surface area (Å²) in [6.07, 6.45) is 2.78. The third-order valence-electron chi connectivity index (χ3n) is 2.54. The Bertz CT molecular complexity index is 398. The fourth-order valence-corrected chi connectivity index (χ4v) is 1.68. The number of halogens is 1. The summed E-state index contributed by atoms with van der Waals surface area (Å²) in [7, 11) is 1.31. The average Bonchev–Trinajstić information content (AvgIpc) is 2.31. The van der Waals surface area contributed by atoms with Crippen LogP contribution in [0.15, 0.2) is 18.3 Å². The molecule has 0 fully saturated rings. The Hall–Kier alpha value is -1.65. The van der Waals surface area contributed by atoms with Gasteiger partial charge in [0, 0.05) is 6.20 Å². The Morgan fingerprint density at radius 2 is 2.35 bits per heavy atom. The quantitative estimate of drug-likeness (QED) is 0.803. The molecule has 0 aliphatic carbocycles. The third kappa shape index (κ3) is 3.15. The van der Waals surface area contributed by atoms with Crippen molar-refractivity contribution >= 4 is 11.8 Å². The van der Waals surface area contributed by atoms with Crippen LogP contribution < -0.4 is 5.32 Å². The van der Waals surface area contributed by atoms with E-state index in [1.54, 1.807) is 6.92 Å². The number of nitrogens with one attached hydrogen (secondary N) is 1. The highest BCUT2D eigenvalue weighted by Crippen LogP contribution is 2.21. The summed E-state index contributed by atoms with van der Waals surface area (Å²) in [5, 5.41) is 2.81. The predicted molar refractivity (Wildman–Crippen MR) is 63.1 cm³/mol. The zero-order valence-corrected chi connectivity index (χ0v) is 10.3. The summed E-state index contributed by atoms with van der Waals surface area (Å²) < 4.78 is 18.2. The van der Waals surface area contributed by atoms with Gasteiger partial charge in [-0.1, -0.05) is 13.3 Å². The molecule has 1 aromatic rings. The van der Waals surface area contributed by atoms with Gasteiger partial charge < -0.3 is 10.1 Å². The van der Waals surface area contributed by atoms with Crippen molar-refractivity contribution in [2.24, 2.45) is 0 Å². The maximum absolute atomic E-state index is 13.5. The number of hydrogen-bond donors (Lipinski definition) is 1. The maximum atomic E-state index is 13.5. The number of ether oxygens (including phenoxy) is 1. The van der Waals surface area contributed by atoms with Crippen LogP contribution in [0.25, 0.3) is 0 Å². The first-order valence-electron chi connectivity index (χ1n) is 5.50. The molecule has 0 aromatic carbocycles. The van der Waals surface area contributed by atoms with Gasteiger partial charge >= 0.3 is 5.97 Å². The van der Waals surface area contributed by atoms with Crippen molar-refractivity contribution in [2.45, 2.75) is 32.2 Å². The minimum Gasteiger partial charge on any atom is -0.467 e. The topological polar surface area (TPSA) is 51.2 Å². The molecule has 0 aliphatic heterocycles. The molecule has 1 atom stereocenters. The zero-order valence-electron chi connectivity index (χ0n) is 10.3. The molecule has 17 heavy (non-hydrogen) atoms. The van der Waals surface area contributed by atoms with E-state index < -0.39 is 17.3 Å². The van der Waals surface area contributed by atoms with Gasteiger partial charge in [0.2, 0.25) is 0 Å². The second-order valence-electron chi connectivity index (χ2n) is 4.03. The van der Waals surface area contributed by atoms with Crippen LogP contribution in [0.2, 0.25) is 0 Å². The van der Waals surface area contributed by atoms with E-state index in [4.69, 9.17) is 4.74 Å².